The summed E-state index contributed by atoms with van der Waals surface area (Å²) < 4.78 is 6.59. The van der Waals surface area contributed by atoms with Crippen molar-refractivity contribution in [3.05, 3.63) is 198 Å². The van der Waals surface area contributed by atoms with E-state index < -0.39 is 5.41 Å². The summed E-state index contributed by atoms with van der Waals surface area (Å²) in [6, 6.07) is 61.4. The predicted molar refractivity (Wildman–Crippen MR) is 199 cm³/mol. The molecule has 1 aliphatic heterocycles. The van der Waals surface area contributed by atoms with Gasteiger partial charge in [0.1, 0.15) is 11.5 Å². The van der Waals surface area contributed by atoms with Gasteiger partial charge in [0.25, 0.3) is 0 Å². The van der Waals surface area contributed by atoms with Crippen LogP contribution >= 0.6 is 0 Å². The summed E-state index contributed by atoms with van der Waals surface area (Å²) in [5, 5.41) is 0. The van der Waals surface area contributed by atoms with E-state index in [1.54, 1.807) is 0 Å². The summed E-state index contributed by atoms with van der Waals surface area (Å²) in [4.78, 5) is 15.1. The van der Waals surface area contributed by atoms with Gasteiger partial charge < -0.3 is 4.74 Å². The molecule has 2 heterocycles. The largest absolute Gasteiger partial charge is 0.457 e. The first-order valence-corrected chi connectivity index (χ1v) is 16.9. The van der Waals surface area contributed by atoms with Crippen LogP contribution in [0.1, 0.15) is 22.3 Å². The smallest absolute Gasteiger partial charge is 0.164 e. The maximum absolute atomic E-state index is 6.59. The molecule has 234 valence electrons. The van der Waals surface area contributed by atoms with E-state index in [2.05, 4.69) is 115 Å². The third-order valence-electron chi connectivity index (χ3n) is 10.0. The lowest BCUT2D eigenvalue weighted by molar-refractivity contribution is 0.436. The number of nitrogens with zero attached hydrogens (tertiary/aromatic N) is 3. The van der Waals surface area contributed by atoms with Crippen molar-refractivity contribution in [2.45, 2.75) is 5.41 Å². The van der Waals surface area contributed by atoms with Gasteiger partial charge >= 0.3 is 0 Å². The molecule has 0 saturated heterocycles. The summed E-state index contributed by atoms with van der Waals surface area (Å²) in [7, 11) is 0. The highest BCUT2D eigenvalue weighted by molar-refractivity contribution is 5.97. The molecule has 0 fully saturated rings. The van der Waals surface area contributed by atoms with E-state index in [9.17, 15) is 0 Å². The van der Waals surface area contributed by atoms with Crippen molar-refractivity contribution in [1.29, 1.82) is 0 Å². The van der Waals surface area contributed by atoms with Crippen LogP contribution in [0.25, 0.3) is 56.4 Å². The molecule has 4 heteroatoms. The highest BCUT2D eigenvalue weighted by atomic mass is 16.5. The Labute approximate surface area is 290 Å². The van der Waals surface area contributed by atoms with Gasteiger partial charge in [-0.15, -0.1) is 0 Å². The summed E-state index contributed by atoms with van der Waals surface area (Å²) >= 11 is 0. The molecule has 1 aliphatic carbocycles. The van der Waals surface area contributed by atoms with Gasteiger partial charge in [0.05, 0.1) is 5.41 Å². The Kier molecular flexibility index (Phi) is 6.36. The fourth-order valence-electron chi connectivity index (χ4n) is 7.89. The first-order valence-electron chi connectivity index (χ1n) is 16.9. The van der Waals surface area contributed by atoms with E-state index in [1.807, 2.05) is 60.7 Å². The molecule has 4 nitrogen and oxygen atoms in total. The summed E-state index contributed by atoms with van der Waals surface area (Å²) in [6.45, 7) is 0. The number of ether oxygens (including phenoxy) is 1. The quantitative estimate of drug-likeness (QED) is 0.192. The van der Waals surface area contributed by atoms with Crippen molar-refractivity contribution in [3.8, 4) is 67.9 Å². The van der Waals surface area contributed by atoms with Crippen LogP contribution in [0.15, 0.2) is 176 Å². The lowest BCUT2D eigenvalue weighted by Crippen LogP contribution is -2.32. The zero-order chi connectivity index (χ0) is 33.1. The molecule has 1 aromatic heterocycles. The summed E-state index contributed by atoms with van der Waals surface area (Å²) in [5.41, 5.74) is 11.7. The Morgan fingerprint density at radius 3 is 1.40 bits per heavy atom. The highest BCUT2D eigenvalue weighted by Crippen LogP contribution is 2.63. The van der Waals surface area contributed by atoms with E-state index in [0.717, 1.165) is 44.9 Å². The minimum Gasteiger partial charge on any atom is -0.457 e. The molecular weight excluding hydrogens is 611 g/mol. The first-order chi connectivity index (χ1) is 24.8. The van der Waals surface area contributed by atoms with E-state index >= 15 is 0 Å². The summed E-state index contributed by atoms with van der Waals surface area (Å²) in [6.07, 6.45) is 0. The molecule has 0 unspecified atom stereocenters. The molecule has 1 spiro atoms. The minimum atomic E-state index is -0.580. The van der Waals surface area contributed by atoms with Crippen LogP contribution in [0.2, 0.25) is 0 Å². The van der Waals surface area contributed by atoms with Crippen molar-refractivity contribution < 1.29 is 4.74 Å². The van der Waals surface area contributed by atoms with Gasteiger partial charge in [-0.05, 0) is 51.6 Å². The highest BCUT2D eigenvalue weighted by Gasteiger charge is 2.51. The fraction of sp³-hybridized carbons (Fsp3) is 0.0217. The van der Waals surface area contributed by atoms with Crippen molar-refractivity contribution in [2.24, 2.45) is 0 Å². The van der Waals surface area contributed by atoms with E-state index in [-0.39, 0.29) is 0 Å². The third-order valence-corrected chi connectivity index (χ3v) is 10.0. The standard InChI is InChI=1S/C46H29N3O/c1-4-15-30(16-5-1)34-21-14-24-39-42(34)35-29-33(45-48-43(31-17-6-2-7-18-31)47-44(49-45)32-19-8-3-9-20-32)27-28-36(35)46(39)37-22-10-12-25-40(37)50-41-26-13-11-23-38(41)46/h1-29H. The molecule has 0 saturated carbocycles. The van der Waals surface area contributed by atoms with Crippen molar-refractivity contribution in [1.82, 2.24) is 15.0 Å². The Morgan fingerprint density at radius 1 is 0.340 bits per heavy atom. The van der Waals surface area contributed by atoms with Gasteiger partial charge in [0.15, 0.2) is 17.5 Å². The Hall–Kier alpha value is -6.65. The molecule has 2 aliphatic rings. The molecule has 7 aromatic carbocycles. The summed E-state index contributed by atoms with van der Waals surface area (Å²) in [5.74, 6) is 3.66. The van der Waals surface area contributed by atoms with Gasteiger partial charge in [0.2, 0.25) is 0 Å². The second-order valence-electron chi connectivity index (χ2n) is 12.7. The van der Waals surface area contributed by atoms with Crippen molar-refractivity contribution in [2.75, 3.05) is 0 Å². The van der Waals surface area contributed by atoms with Gasteiger partial charge in [-0.25, -0.2) is 15.0 Å². The molecule has 8 aromatic rings. The number of aromatic nitrogens is 3. The van der Waals surface area contributed by atoms with Crippen LogP contribution in [0.4, 0.5) is 0 Å². The van der Waals surface area contributed by atoms with E-state index in [4.69, 9.17) is 19.7 Å². The maximum Gasteiger partial charge on any atom is 0.164 e. The van der Waals surface area contributed by atoms with Gasteiger partial charge in [-0.1, -0.05) is 158 Å². The molecular formula is C46H29N3O. The number of fused-ring (bicyclic) bond motifs is 9. The Bertz CT molecular complexity index is 2460. The van der Waals surface area contributed by atoms with Crippen molar-refractivity contribution in [3.63, 3.8) is 0 Å². The van der Waals surface area contributed by atoms with Crippen molar-refractivity contribution >= 4 is 0 Å². The van der Waals surface area contributed by atoms with E-state index in [1.165, 1.54) is 27.8 Å². The molecule has 10 rings (SSSR count). The second-order valence-corrected chi connectivity index (χ2v) is 12.7. The number of benzene rings is 7. The van der Waals surface area contributed by atoms with Crippen LogP contribution in [-0.4, -0.2) is 15.0 Å². The second kappa shape index (κ2) is 11.2. The first kappa shape index (κ1) is 28.4. The van der Waals surface area contributed by atoms with Gasteiger partial charge in [0, 0.05) is 27.8 Å². The third kappa shape index (κ3) is 4.22. The SMILES string of the molecule is c1ccc(-c2nc(-c3ccccc3)nc(-c3ccc4c(c3)-c3c(-c5ccccc5)cccc3C43c4ccccc4Oc4ccccc43)n2)cc1. The number of rotatable bonds is 4. The predicted octanol–water partition coefficient (Wildman–Crippen LogP) is 11.0. The number of para-hydroxylation sites is 2. The lowest BCUT2D eigenvalue weighted by Gasteiger charge is -2.39. The lowest BCUT2D eigenvalue weighted by atomic mass is 9.66. The molecule has 50 heavy (non-hydrogen) atoms. The monoisotopic (exact) mass is 639 g/mol. The minimum absolute atomic E-state index is 0.580. The zero-order valence-electron chi connectivity index (χ0n) is 27.0. The topological polar surface area (TPSA) is 47.9 Å². The van der Waals surface area contributed by atoms with E-state index in [0.29, 0.717) is 17.5 Å². The Morgan fingerprint density at radius 2 is 0.820 bits per heavy atom. The van der Waals surface area contributed by atoms with Gasteiger partial charge in [-0.2, -0.15) is 0 Å². The van der Waals surface area contributed by atoms with Crippen LogP contribution in [-0.2, 0) is 5.41 Å². The van der Waals surface area contributed by atoms with Crippen LogP contribution in [0.3, 0.4) is 0 Å². The average molecular weight is 640 g/mol. The fourth-order valence-corrected chi connectivity index (χ4v) is 7.89. The van der Waals surface area contributed by atoms with Gasteiger partial charge in [-0.3, -0.25) is 0 Å². The number of hydrogen-bond acceptors (Lipinski definition) is 4. The van der Waals surface area contributed by atoms with Crippen LogP contribution in [0, 0.1) is 0 Å². The molecule has 0 radical (unpaired) electrons. The molecule has 0 atom stereocenters. The molecule has 0 N–H and O–H groups in total. The zero-order valence-corrected chi connectivity index (χ0v) is 27.0. The number of hydrogen-bond donors (Lipinski definition) is 0. The van der Waals surface area contributed by atoms with Crippen LogP contribution in [0.5, 0.6) is 11.5 Å². The molecule has 0 amide bonds. The average Bonchev–Trinajstić information content (AvgIpc) is 3.49. The Balaban J connectivity index is 1.28. The normalized spacial score (nSPS) is 13.1. The van der Waals surface area contributed by atoms with Crippen LogP contribution < -0.4 is 4.74 Å². The maximum atomic E-state index is 6.59. The molecule has 0 bridgehead atoms.